The number of nitro groups is 1. The van der Waals surface area contributed by atoms with Crippen molar-refractivity contribution in [1.82, 2.24) is 5.43 Å². The fourth-order valence-electron chi connectivity index (χ4n) is 2.21. The number of benzene rings is 2. The maximum absolute atomic E-state index is 11.9. The van der Waals surface area contributed by atoms with Gasteiger partial charge in [-0.15, -0.1) is 0 Å². The van der Waals surface area contributed by atoms with Gasteiger partial charge in [-0.05, 0) is 23.8 Å². The summed E-state index contributed by atoms with van der Waals surface area (Å²) in [4.78, 5) is 22.5. The van der Waals surface area contributed by atoms with E-state index in [0.717, 1.165) is 10.0 Å². The van der Waals surface area contributed by atoms with E-state index >= 15 is 0 Å². The monoisotopic (exact) mass is 405 g/mol. The lowest BCUT2D eigenvalue weighted by Crippen LogP contribution is -2.19. The first kappa shape index (κ1) is 16.9. The molecule has 1 amide bonds. The molecule has 0 fully saturated rings. The molecule has 0 bridgehead atoms. The largest absolute Gasteiger partial charge is 0.454 e. The molecule has 0 radical (unpaired) electrons. The lowest BCUT2D eigenvalue weighted by atomic mass is 10.1. The van der Waals surface area contributed by atoms with Gasteiger partial charge in [-0.2, -0.15) is 5.10 Å². The van der Waals surface area contributed by atoms with Crippen molar-refractivity contribution in [2.45, 2.75) is 6.42 Å². The maximum Gasteiger partial charge on any atom is 0.282 e. The van der Waals surface area contributed by atoms with Crippen LogP contribution in [0.15, 0.2) is 46.0 Å². The fourth-order valence-corrected chi connectivity index (χ4v) is 2.47. The number of ether oxygens (including phenoxy) is 2. The zero-order valence-corrected chi connectivity index (χ0v) is 14.4. The predicted octanol–water partition coefficient (Wildman–Crippen LogP) is 2.78. The molecule has 1 aliphatic heterocycles. The Hall–Kier alpha value is -2.94. The summed E-state index contributed by atoms with van der Waals surface area (Å²) in [6.45, 7) is 0.0109. The standard InChI is InChI=1S/C16H12BrN3O5/c17-12-3-1-10(2-4-12)5-16(21)19-18-8-11-6-14-15(25-9-24-14)7-13(11)20(22)23/h1-4,6-8H,5,9H2,(H,19,21). The van der Waals surface area contributed by atoms with Gasteiger partial charge in [-0.3, -0.25) is 14.9 Å². The molecule has 2 aromatic carbocycles. The molecule has 1 N–H and O–H groups in total. The Bertz CT molecular complexity index is 852. The predicted molar refractivity (Wildman–Crippen MR) is 92.8 cm³/mol. The molecule has 0 unspecified atom stereocenters. The number of rotatable bonds is 5. The third-order valence-electron chi connectivity index (χ3n) is 3.39. The quantitative estimate of drug-likeness (QED) is 0.467. The molecule has 1 aliphatic rings. The number of amides is 1. The Kier molecular flexibility index (Phi) is 4.94. The fraction of sp³-hybridized carbons (Fsp3) is 0.125. The number of hydrogen-bond donors (Lipinski definition) is 1. The second-order valence-corrected chi connectivity index (χ2v) is 6.03. The molecule has 0 spiro atoms. The Morgan fingerprint density at radius 3 is 2.64 bits per heavy atom. The summed E-state index contributed by atoms with van der Waals surface area (Å²) in [7, 11) is 0. The number of nitrogens with one attached hydrogen (secondary N) is 1. The maximum atomic E-state index is 11.9. The van der Waals surface area contributed by atoms with Gasteiger partial charge in [0.1, 0.15) is 0 Å². The average Bonchev–Trinajstić information content (AvgIpc) is 3.03. The number of hydrogen-bond acceptors (Lipinski definition) is 6. The van der Waals surface area contributed by atoms with Gasteiger partial charge in [0.15, 0.2) is 11.5 Å². The van der Waals surface area contributed by atoms with E-state index in [4.69, 9.17) is 9.47 Å². The Labute approximate surface area is 150 Å². The van der Waals surface area contributed by atoms with Gasteiger partial charge in [-0.1, -0.05) is 28.1 Å². The van der Waals surface area contributed by atoms with Crippen LogP contribution in [0.25, 0.3) is 0 Å². The van der Waals surface area contributed by atoms with Crippen molar-refractivity contribution in [3.8, 4) is 11.5 Å². The number of carbonyl (C=O) groups is 1. The van der Waals surface area contributed by atoms with E-state index in [2.05, 4.69) is 26.5 Å². The average molecular weight is 406 g/mol. The van der Waals surface area contributed by atoms with E-state index in [9.17, 15) is 14.9 Å². The van der Waals surface area contributed by atoms with Crippen molar-refractivity contribution in [2.24, 2.45) is 5.10 Å². The van der Waals surface area contributed by atoms with Crippen LogP contribution in [-0.4, -0.2) is 23.8 Å². The zero-order valence-electron chi connectivity index (χ0n) is 12.8. The second kappa shape index (κ2) is 7.31. The SMILES string of the molecule is O=C(Cc1ccc(Br)cc1)NN=Cc1cc2c(cc1[N+](=O)[O-])OCO2. The number of halogens is 1. The summed E-state index contributed by atoms with van der Waals surface area (Å²) in [6, 6.07) is 10.0. The lowest BCUT2D eigenvalue weighted by molar-refractivity contribution is -0.385. The molecule has 0 saturated carbocycles. The summed E-state index contributed by atoms with van der Waals surface area (Å²) in [5, 5.41) is 14.9. The summed E-state index contributed by atoms with van der Waals surface area (Å²) in [5.74, 6) is 0.373. The van der Waals surface area contributed by atoms with Crippen molar-refractivity contribution < 1.29 is 19.2 Å². The number of carbonyl (C=O) groups excluding carboxylic acids is 1. The van der Waals surface area contributed by atoms with Crippen molar-refractivity contribution in [2.75, 3.05) is 6.79 Å². The first-order valence-electron chi connectivity index (χ1n) is 7.17. The molecule has 25 heavy (non-hydrogen) atoms. The van der Waals surface area contributed by atoms with Crippen LogP contribution in [0, 0.1) is 10.1 Å². The van der Waals surface area contributed by atoms with Crippen molar-refractivity contribution in [3.05, 3.63) is 62.1 Å². The highest BCUT2D eigenvalue weighted by Gasteiger charge is 2.22. The molecule has 2 aromatic rings. The highest BCUT2D eigenvalue weighted by atomic mass is 79.9. The summed E-state index contributed by atoms with van der Waals surface area (Å²) in [5.41, 5.74) is 3.20. The Balaban J connectivity index is 1.68. The molecule has 8 nitrogen and oxygen atoms in total. The van der Waals surface area contributed by atoms with E-state index in [-0.39, 0.29) is 30.4 Å². The van der Waals surface area contributed by atoms with Gasteiger partial charge in [0.2, 0.25) is 12.7 Å². The van der Waals surface area contributed by atoms with Gasteiger partial charge in [0.05, 0.1) is 29.2 Å². The molecule has 0 saturated heterocycles. The third-order valence-corrected chi connectivity index (χ3v) is 3.92. The first-order chi connectivity index (χ1) is 12.0. The minimum Gasteiger partial charge on any atom is -0.454 e. The van der Waals surface area contributed by atoms with Crippen LogP contribution in [-0.2, 0) is 11.2 Å². The van der Waals surface area contributed by atoms with Crippen molar-refractivity contribution >= 4 is 33.7 Å². The summed E-state index contributed by atoms with van der Waals surface area (Å²) < 4.78 is 11.2. The molecule has 128 valence electrons. The third kappa shape index (κ3) is 4.13. The molecule has 9 heteroatoms. The van der Waals surface area contributed by atoms with Crippen LogP contribution in [0.1, 0.15) is 11.1 Å². The lowest BCUT2D eigenvalue weighted by Gasteiger charge is -2.02. The summed E-state index contributed by atoms with van der Waals surface area (Å²) in [6.07, 6.45) is 1.35. The van der Waals surface area contributed by atoms with Gasteiger partial charge in [-0.25, -0.2) is 5.43 Å². The molecule has 0 atom stereocenters. The van der Waals surface area contributed by atoms with Crippen LogP contribution in [0.3, 0.4) is 0 Å². The number of fused-ring (bicyclic) bond motifs is 1. The van der Waals surface area contributed by atoms with Crippen LogP contribution in [0.4, 0.5) is 5.69 Å². The smallest absolute Gasteiger partial charge is 0.282 e. The topological polar surface area (TPSA) is 103 Å². The van der Waals surface area contributed by atoms with E-state index in [1.807, 2.05) is 24.3 Å². The minimum atomic E-state index is -0.549. The molecule has 3 rings (SSSR count). The van der Waals surface area contributed by atoms with Gasteiger partial charge in [0.25, 0.3) is 5.69 Å². The summed E-state index contributed by atoms with van der Waals surface area (Å²) >= 11 is 3.32. The zero-order chi connectivity index (χ0) is 17.8. The van der Waals surface area contributed by atoms with Crippen LogP contribution in [0.2, 0.25) is 0 Å². The van der Waals surface area contributed by atoms with Crippen LogP contribution >= 0.6 is 15.9 Å². The molecular formula is C16H12BrN3O5. The van der Waals surface area contributed by atoms with Gasteiger partial charge < -0.3 is 9.47 Å². The normalized spacial score (nSPS) is 12.4. The first-order valence-corrected chi connectivity index (χ1v) is 7.96. The highest BCUT2D eigenvalue weighted by Crippen LogP contribution is 2.37. The van der Waals surface area contributed by atoms with Crippen LogP contribution < -0.4 is 14.9 Å². The van der Waals surface area contributed by atoms with Crippen LogP contribution in [0.5, 0.6) is 11.5 Å². The van der Waals surface area contributed by atoms with E-state index < -0.39 is 4.92 Å². The number of nitrogens with zero attached hydrogens (tertiary/aromatic N) is 2. The Morgan fingerprint density at radius 1 is 1.28 bits per heavy atom. The molecular weight excluding hydrogens is 394 g/mol. The van der Waals surface area contributed by atoms with Crippen molar-refractivity contribution in [1.29, 1.82) is 0 Å². The van der Waals surface area contributed by atoms with Crippen molar-refractivity contribution in [3.63, 3.8) is 0 Å². The van der Waals surface area contributed by atoms with E-state index in [1.54, 1.807) is 0 Å². The number of nitro benzene ring substituents is 1. The van der Waals surface area contributed by atoms with E-state index in [1.165, 1.54) is 18.3 Å². The van der Waals surface area contributed by atoms with Gasteiger partial charge in [0, 0.05) is 4.47 Å². The minimum absolute atomic E-state index is 0.0109. The molecule has 1 heterocycles. The highest BCUT2D eigenvalue weighted by molar-refractivity contribution is 9.10. The van der Waals surface area contributed by atoms with Gasteiger partial charge >= 0.3 is 0 Å². The number of hydrazone groups is 1. The second-order valence-electron chi connectivity index (χ2n) is 5.12. The Morgan fingerprint density at radius 2 is 1.96 bits per heavy atom. The van der Waals surface area contributed by atoms with E-state index in [0.29, 0.717) is 11.5 Å². The molecule has 0 aromatic heterocycles. The molecule has 0 aliphatic carbocycles.